The van der Waals surface area contributed by atoms with Gasteiger partial charge in [-0.2, -0.15) is 0 Å². The molecule has 37 heavy (non-hydrogen) atoms. The molecule has 0 spiro atoms. The molecule has 0 radical (unpaired) electrons. The Labute approximate surface area is 220 Å². The van der Waals surface area contributed by atoms with E-state index in [2.05, 4.69) is 28.4 Å². The topological polar surface area (TPSA) is 89.0 Å². The number of benzene rings is 1. The highest BCUT2D eigenvalue weighted by atomic mass is 16.5. The fourth-order valence-corrected chi connectivity index (χ4v) is 6.39. The molecule has 0 saturated carbocycles. The molecular formula is C29H41N5O3. The number of nitrogens with zero attached hydrogens (tertiary/aromatic N) is 3. The molecule has 2 fully saturated rings. The molecule has 1 aromatic rings. The second-order valence-corrected chi connectivity index (χ2v) is 11.0. The first-order valence-corrected chi connectivity index (χ1v) is 14.0. The van der Waals surface area contributed by atoms with Crippen molar-refractivity contribution in [2.75, 3.05) is 50.7 Å². The van der Waals surface area contributed by atoms with Crippen molar-refractivity contribution in [1.82, 2.24) is 15.1 Å². The zero-order valence-electron chi connectivity index (χ0n) is 22.4. The van der Waals surface area contributed by atoms with E-state index in [1.54, 1.807) is 4.90 Å². The molecule has 8 heteroatoms. The van der Waals surface area contributed by atoms with Crippen LogP contribution in [0.15, 0.2) is 29.5 Å². The number of allylic oxidation sites excluding steroid dienone is 1. The van der Waals surface area contributed by atoms with Crippen molar-refractivity contribution in [1.29, 1.82) is 5.41 Å². The lowest BCUT2D eigenvalue weighted by Gasteiger charge is -2.38. The van der Waals surface area contributed by atoms with E-state index >= 15 is 0 Å². The van der Waals surface area contributed by atoms with E-state index in [1.165, 1.54) is 36.1 Å². The van der Waals surface area contributed by atoms with Crippen molar-refractivity contribution in [3.05, 3.63) is 40.6 Å². The molecule has 1 aromatic carbocycles. The molecule has 0 unspecified atom stereocenters. The minimum atomic E-state index is -0.233. The average Bonchev–Trinajstić information content (AvgIpc) is 3.39. The molecule has 2 atom stereocenters. The van der Waals surface area contributed by atoms with Crippen LogP contribution in [0.1, 0.15) is 57.1 Å². The first kappa shape index (κ1) is 25.8. The third-order valence-electron chi connectivity index (χ3n) is 8.24. The molecule has 8 nitrogen and oxygen atoms in total. The molecule has 0 bridgehead atoms. The number of aryl methyl sites for hydroxylation is 1. The summed E-state index contributed by atoms with van der Waals surface area (Å²) in [5.74, 6) is -0.147. The average molecular weight is 508 g/mol. The van der Waals surface area contributed by atoms with Gasteiger partial charge in [0.1, 0.15) is 5.71 Å². The molecule has 2 amide bonds. The number of anilines is 1. The van der Waals surface area contributed by atoms with E-state index in [9.17, 15) is 9.59 Å². The van der Waals surface area contributed by atoms with Crippen molar-refractivity contribution >= 4 is 23.2 Å². The van der Waals surface area contributed by atoms with Gasteiger partial charge in [0.15, 0.2) is 0 Å². The van der Waals surface area contributed by atoms with E-state index < -0.39 is 0 Å². The number of carbonyl (C=O) groups is 2. The number of piperazine rings is 1. The van der Waals surface area contributed by atoms with Gasteiger partial charge in [0.05, 0.1) is 18.8 Å². The Balaban J connectivity index is 1.15. The molecule has 2 saturated heterocycles. The second kappa shape index (κ2) is 11.3. The zero-order chi connectivity index (χ0) is 25.9. The Morgan fingerprint density at radius 3 is 2.43 bits per heavy atom. The van der Waals surface area contributed by atoms with Crippen LogP contribution in [0, 0.1) is 5.41 Å². The van der Waals surface area contributed by atoms with Crippen molar-refractivity contribution in [3.8, 4) is 0 Å². The summed E-state index contributed by atoms with van der Waals surface area (Å²) < 4.78 is 5.74. The van der Waals surface area contributed by atoms with Crippen LogP contribution in [0.2, 0.25) is 0 Å². The Hall–Kier alpha value is -2.87. The lowest BCUT2D eigenvalue weighted by molar-refractivity contribution is -0.136. The van der Waals surface area contributed by atoms with E-state index in [4.69, 9.17) is 10.1 Å². The quantitative estimate of drug-likeness (QED) is 0.578. The SMILES string of the molecule is C[C@@H]1CN(C(=O)C(=N)C2=C(NCC(=O)N3CCN(c4cccc5c4CCCC5)CC3)CCC2)C[C@H](C)O1. The highest BCUT2D eigenvalue weighted by Gasteiger charge is 2.31. The highest BCUT2D eigenvalue weighted by molar-refractivity contribution is 6.44. The van der Waals surface area contributed by atoms with Gasteiger partial charge in [-0.15, -0.1) is 0 Å². The number of hydrogen-bond acceptors (Lipinski definition) is 6. The summed E-state index contributed by atoms with van der Waals surface area (Å²) in [6, 6.07) is 6.69. The molecular weight excluding hydrogens is 466 g/mol. The monoisotopic (exact) mass is 507 g/mol. The predicted octanol–water partition coefficient (Wildman–Crippen LogP) is 2.90. The van der Waals surface area contributed by atoms with Gasteiger partial charge >= 0.3 is 0 Å². The molecule has 0 aromatic heterocycles. The van der Waals surface area contributed by atoms with Crippen LogP contribution in [0.4, 0.5) is 5.69 Å². The smallest absolute Gasteiger partial charge is 0.272 e. The Morgan fingerprint density at radius 1 is 0.946 bits per heavy atom. The first-order chi connectivity index (χ1) is 17.9. The Kier molecular flexibility index (Phi) is 7.84. The van der Waals surface area contributed by atoms with Gasteiger partial charge in [0.25, 0.3) is 5.91 Å². The number of morpholine rings is 1. The van der Waals surface area contributed by atoms with Gasteiger partial charge in [-0.1, -0.05) is 12.1 Å². The molecule has 5 rings (SSSR count). The third kappa shape index (κ3) is 5.69. The lowest BCUT2D eigenvalue weighted by atomic mass is 9.90. The van der Waals surface area contributed by atoms with E-state index in [0.717, 1.165) is 56.7 Å². The van der Waals surface area contributed by atoms with Crippen LogP contribution in [0.5, 0.6) is 0 Å². The van der Waals surface area contributed by atoms with Crippen molar-refractivity contribution in [2.24, 2.45) is 0 Å². The van der Waals surface area contributed by atoms with Crippen molar-refractivity contribution in [2.45, 2.75) is 71.0 Å². The molecule has 2 aliphatic heterocycles. The summed E-state index contributed by atoms with van der Waals surface area (Å²) in [5, 5.41) is 11.9. The zero-order valence-corrected chi connectivity index (χ0v) is 22.4. The molecule has 2 heterocycles. The summed E-state index contributed by atoms with van der Waals surface area (Å²) in [4.78, 5) is 32.2. The number of nitrogens with one attached hydrogen (secondary N) is 2. The van der Waals surface area contributed by atoms with Crippen LogP contribution in [-0.4, -0.2) is 85.3 Å². The van der Waals surface area contributed by atoms with Crippen LogP contribution in [0.3, 0.4) is 0 Å². The standard InChI is InChI=1S/C29H41N5O3/c1-20-18-34(19-21(2)37-20)29(36)28(30)24-10-6-11-25(24)31-17-27(35)33-15-13-32(14-16-33)26-12-5-8-22-7-3-4-9-23(22)26/h5,8,12,20-21,30-31H,3-4,6-7,9-11,13-19H2,1-2H3/t20-,21+. The van der Waals surface area contributed by atoms with E-state index in [1.807, 2.05) is 18.7 Å². The van der Waals surface area contributed by atoms with Gasteiger partial charge in [0.2, 0.25) is 5.91 Å². The number of carbonyl (C=O) groups excluding carboxylic acids is 2. The minimum absolute atomic E-state index is 0.0268. The molecule has 200 valence electrons. The summed E-state index contributed by atoms with van der Waals surface area (Å²) in [5.41, 5.74) is 6.07. The van der Waals surface area contributed by atoms with Gasteiger partial charge in [-0.3, -0.25) is 15.0 Å². The maximum Gasteiger partial charge on any atom is 0.272 e. The number of hydrogen-bond donors (Lipinski definition) is 2. The Bertz CT molecular complexity index is 1070. The van der Waals surface area contributed by atoms with Gasteiger partial charge in [-0.05, 0) is 76.0 Å². The third-order valence-corrected chi connectivity index (χ3v) is 8.24. The fourth-order valence-electron chi connectivity index (χ4n) is 6.39. The largest absolute Gasteiger partial charge is 0.379 e. The molecule has 2 N–H and O–H groups in total. The summed E-state index contributed by atoms with van der Waals surface area (Å²) in [6.45, 7) is 8.30. The van der Waals surface area contributed by atoms with Crippen LogP contribution >= 0.6 is 0 Å². The lowest BCUT2D eigenvalue weighted by Crippen LogP contribution is -2.51. The van der Waals surface area contributed by atoms with Crippen LogP contribution in [0.25, 0.3) is 0 Å². The number of fused-ring (bicyclic) bond motifs is 1. The van der Waals surface area contributed by atoms with Crippen LogP contribution < -0.4 is 10.2 Å². The van der Waals surface area contributed by atoms with Gasteiger partial charge in [0, 0.05) is 56.2 Å². The highest BCUT2D eigenvalue weighted by Crippen LogP contribution is 2.31. The van der Waals surface area contributed by atoms with Crippen LogP contribution in [-0.2, 0) is 27.2 Å². The second-order valence-electron chi connectivity index (χ2n) is 11.0. The normalized spacial score (nSPS) is 24.2. The fraction of sp³-hybridized carbons (Fsp3) is 0.621. The number of ether oxygens (including phenoxy) is 1. The van der Waals surface area contributed by atoms with Gasteiger partial charge in [-0.25, -0.2) is 0 Å². The maximum absolute atomic E-state index is 13.0. The predicted molar refractivity (Wildman–Crippen MR) is 145 cm³/mol. The van der Waals surface area contributed by atoms with E-state index in [-0.39, 0.29) is 36.3 Å². The first-order valence-electron chi connectivity index (χ1n) is 14.0. The van der Waals surface area contributed by atoms with E-state index in [0.29, 0.717) is 19.5 Å². The maximum atomic E-state index is 13.0. The number of amides is 2. The molecule has 4 aliphatic rings. The number of rotatable bonds is 6. The van der Waals surface area contributed by atoms with Gasteiger partial charge < -0.3 is 24.8 Å². The summed E-state index contributed by atoms with van der Waals surface area (Å²) in [7, 11) is 0. The Morgan fingerprint density at radius 2 is 1.68 bits per heavy atom. The summed E-state index contributed by atoms with van der Waals surface area (Å²) in [6.07, 6.45) is 7.21. The summed E-state index contributed by atoms with van der Waals surface area (Å²) >= 11 is 0. The minimum Gasteiger partial charge on any atom is -0.379 e. The van der Waals surface area contributed by atoms with Crippen molar-refractivity contribution < 1.29 is 14.3 Å². The van der Waals surface area contributed by atoms with Crippen molar-refractivity contribution in [3.63, 3.8) is 0 Å². The molecule has 2 aliphatic carbocycles.